The highest BCUT2D eigenvalue weighted by molar-refractivity contribution is 7.99. The van der Waals surface area contributed by atoms with Crippen molar-refractivity contribution in [2.24, 2.45) is 0 Å². The second kappa shape index (κ2) is 7.11. The monoisotopic (exact) mass is 306 g/mol. The molecule has 1 aromatic rings. The lowest BCUT2D eigenvalue weighted by atomic mass is 10.2. The van der Waals surface area contributed by atoms with Crippen molar-refractivity contribution >= 4 is 23.5 Å². The van der Waals surface area contributed by atoms with E-state index >= 15 is 0 Å². The minimum Gasteiger partial charge on any atom is -0.356 e. The van der Waals surface area contributed by atoms with E-state index in [0.29, 0.717) is 11.8 Å². The number of amides is 1. The smallest absolute Gasteiger partial charge is 0.230 e. The summed E-state index contributed by atoms with van der Waals surface area (Å²) < 4.78 is 0. The van der Waals surface area contributed by atoms with Crippen LogP contribution in [-0.2, 0) is 4.79 Å². The van der Waals surface area contributed by atoms with Crippen molar-refractivity contribution in [3.63, 3.8) is 0 Å². The molecule has 1 saturated carbocycles. The van der Waals surface area contributed by atoms with E-state index < -0.39 is 0 Å². The van der Waals surface area contributed by atoms with Crippen molar-refractivity contribution in [3.05, 3.63) is 12.4 Å². The normalized spacial score (nSPS) is 19.1. The average molecular weight is 306 g/mol. The number of anilines is 1. The maximum atomic E-state index is 11.9. The zero-order valence-corrected chi connectivity index (χ0v) is 13.1. The molecule has 0 radical (unpaired) electrons. The number of aromatic nitrogens is 2. The maximum absolute atomic E-state index is 11.9. The van der Waals surface area contributed by atoms with Crippen molar-refractivity contribution in [3.8, 4) is 0 Å². The van der Waals surface area contributed by atoms with E-state index in [0.717, 1.165) is 36.8 Å². The number of nitrogens with one attached hydrogen (secondary N) is 1. The molecule has 3 rings (SSSR count). The van der Waals surface area contributed by atoms with Gasteiger partial charge in [-0.3, -0.25) is 4.79 Å². The van der Waals surface area contributed by atoms with Gasteiger partial charge in [0.15, 0.2) is 0 Å². The van der Waals surface area contributed by atoms with Crippen molar-refractivity contribution in [1.29, 1.82) is 0 Å². The molecule has 0 unspecified atom stereocenters. The highest BCUT2D eigenvalue weighted by Gasteiger charge is 2.18. The Bertz CT molecular complexity index is 484. The van der Waals surface area contributed by atoms with Gasteiger partial charge in [-0.05, 0) is 25.7 Å². The van der Waals surface area contributed by atoms with E-state index in [1.165, 1.54) is 37.4 Å². The first-order valence-electron chi connectivity index (χ1n) is 7.80. The molecule has 21 heavy (non-hydrogen) atoms. The molecule has 1 aliphatic carbocycles. The second-order valence-electron chi connectivity index (χ2n) is 5.75. The topological polar surface area (TPSA) is 58.1 Å². The molecule has 2 fully saturated rings. The molecule has 0 atom stereocenters. The van der Waals surface area contributed by atoms with Gasteiger partial charge in [0.2, 0.25) is 5.91 Å². The van der Waals surface area contributed by atoms with Crippen molar-refractivity contribution in [1.82, 2.24) is 15.3 Å². The van der Waals surface area contributed by atoms with Gasteiger partial charge in [0.25, 0.3) is 0 Å². The van der Waals surface area contributed by atoms with Crippen LogP contribution in [0.2, 0.25) is 0 Å². The molecular weight excluding hydrogens is 284 g/mol. The van der Waals surface area contributed by atoms with Gasteiger partial charge in [-0.2, -0.15) is 0 Å². The van der Waals surface area contributed by atoms with Crippen LogP contribution in [0.1, 0.15) is 38.5 Å². The van der Waals surface area contributed by atoms with Crippen LogP contribution in [-0.4, -0.2) is 40.8 Å². The lowest BCUT2D eigenvalue weighted by molar-refractivity contribution is -0.119. The molecule has 1 aliphatic heterocycles. The van der Waals surface area contributed by atoms with E-state index in [1.807, 2.05) is 6.07 Å². The highest BCUT2D eigenvalue weighted by Crippen LogP contribution is 2.23. The Kier molecular flexibility index (Phi) is 4.95. The Morgan fingerprint density at radius 3 is 2.76 bits per heavy atom. The minimum absolute atomic E-state index is 0.119. The highest BCUT2D eigenvalue weighted by atomic mass is 32.2. The van der Waals surface area contributed by atoms with Gasteiger partial charge < -0.3 is 10.2 Å². The van der Waals surface area contributed by atoms with Gasteiger partial charge in [-0.1, -0.05) is 24.6 Å². The van der Waals surface area contributed by atoms with E-state index in [-0.39, 0.29) is 5.91 Å². The lowest BCUT2D eigenvalue weighted by Crippen LogP contribution is -2.33. The number of hydrogen-bond donors (Lipinski definition) is 1. The predicted molar refractivity (Wildman–Crippen MR) is 84.6 cm³/mol. The molecule has 1 N–H and O–H groups in total. The fourth-order valence-corrected chi connectivity index (χ4v) is 3.68. The minimum atomic E-state index is 0.119. The lowest BCUT2D eigenvalue weighted by Gasteiger charge is -2.16. The van der Waals surface area contributed by atoms with Crippen molar-refractivity contribution in [2.75, 3.05) is 23.7 Å². The number of hydrogen-bond acceptors (Lipinski definition) is 5. The number of carbonyl (C=O) groups excluding carboxylic acids is 1. The number of rotatable bonds is 5. The van der Waals surface area contributed by atoms with Crippen LogP contribution in [0.5, 0.6) is 0 Å². The zero-order valence-electron chi connectivity index (χ0n) is 12.3. The molecule has 114 valence electrons. The number of nitrogens with zero attached hydrogens (tertiary/aromatic N) is 3. The van der Waals surface area contributed by atoms with Crippen LogP contribution in [0.3, 0.4) is 0 Å². The molecule has 0 spiro atoms. The summed E-state index contributed by atoms with van der Waals surface area (Å²) >= 11 is 1.50. The van der Waals surface area contributed by atoms with Crippen LogP contribution in [0.4, 0.5) is 5.82 Å². The third-order valence-corrected chi connectivity index (χ3v) is 5.05. The molecule has 0 bridgehead atoms. The van der Waals surface area contributed by atoms with Crippen molar-refractivity contribution in [2.45, 2.75) is 49.6 Å². The Morgan fingerprint density at radius 1 is 1.24 bits per heavy atom. The maximum Gasteiger partial charge on any atom is 0.230 e. The number of carbonyl (C=O) groups is 1. The summed E-state index contributed by atoms with van der Waals surface area (Å²) in [5, 5.41) is 3.99. The van der Waals surface area contributed by atoms with E-state index in [2.05, 4.69) is 20.2 Å². The van der Waals surface area contributed by atoms with Crippen molar-refractivity contribution < 1.29 is 4.79 Å². The first-order chi connectivity index (χ1) is 10.3. The van der Waals surface area contributed by atoms with Gasteiger partial charge in [0.05, 0.1) is 5.75 Å². The first-order valence-corrected chi connectivity index (χ1v) is 8.79. The fraction of sp³-hybridized carbons (Fsp3) is 0.667. The summed E-state index contributed by atoms with van der Waals surface area (Å²) in [5.41, 5.74) is 0. The predicted octanol–water partition coefficient (Wildman–Crippen LogP) is 2.23. The van der Waals surface area contributed by atoms with Crippen LogP contribution >= 0.6 is 11.8 Å². The molecule has 0 aromatic carbocycles. The average Bonchev–Trinajstić information content (AvgIpc) is 3.19. The number of thioether (sulfide) groups is 1. The molecule has 2 aliphatic rings. The van der Waals surface area contributed by atoms with Crippen LogP contribution in [0, 0.1) is 0 Å². The standard InChI is InChI=1S/C15H22N4OS/c20-14(18-12-5-1-2-6-12)10-21-15-9-13(16-11-17-15)19-7-3-4-8-19/h9,11-12H,1-8,10H2,(H,18,20). The van der Waals surface area contributed by atoms with Crippen LogP contribution in [0.15, 0.2) is 17.4 Å². The van der Waals surface area contributed by atoms with E-state index in [1.54, 1.807) is 6.33 Å². The van der Waals surface area contributed by atoms with E-state index in [4.69, 9.17) is 0 Å². The van der Waals surface area contributed by atoms with Gasteiger partial charge in [-0.15, -0.1) is 0 Å². The quantitative estimate of drug-likeness (QED) is 0.668. The second-order valence-corrected chi connectivity index (χ2v) is 6.74. The van der Waals surface area contributed by atoms with Crippen LogP contribution in [0.25, 0.3) is 0 Å². The fourth-order valence-electron chi connectivity index (χ4n) is 3.01. The Labute approximate surface area is 129 Å². The molecule has 5 nitrogen and oxygen atoms in total. The summed E-state index contributed by atoms with van der Waals surface area (Å²) in [4.78, 5) is 22.8. The third-order valence-electron chi connectivity index (χ3n) is 4.13. The molecule has 1 aromatic heterocycles. The first kappa shape index (κ1) is 14.6. The summed E-state index contributed by atoms with van der Waals surface area (Å²) in [7, 11) is 0. The van der Waals surface area contributed by atoms with Gasteiger partial charge >= 0.3 is 0 Å². The van der Waals surface area contributed by atoms with Gasteiger partial charge in [0, 0.05) is 25.2 Å². The molecule has 1 saturated heterocycles. The summed E-state index contributed by atoms with van der Waals surface area (Å²) in [5.74, 6) is 1.54. The van der Waals surface area contributed by atoms with E-state index in [9.17, 15) is 4.79 Å². The molecular formula is C15H22N4OS. The van der Waals surface area contributed by atoms with Crippen LogP contribution < -0.4 is 10.2 Å². The third kappa shape index (κ3) is 4.09. The summed E-state index contributed by atoms with van der Waals surface area (Å²) in [6, 6.07) is 2.39. The summed E-state index contributed by atoms with van der Waals surface area (Å²) in [6.07, 6.45) is 8.80. The SMILES string of the molecule is O=C(CSc1cc(N2CCCC2)ncn1)NC1CCCC1. The molecule has 2 heterocycles. The Hall–Kier alpha value is -1.30. The summed E-state index contributed by atoms with van der Waals surface area (Å²) in [6.45, 7) is 2.15. The Balaban J connectivity index is 1.50. The molecule has 1 amide bonds. The molecule has 6 heteroatoms. The Morgan fingerprint density at radius 2 is 2.00 bits per heavy atom. The van der Waals surface area contributed by atoms with Gasteiger partial charge in [-0.25, -0.2) is 9.97 Å². The zero-order chi connectivity index (χ0) is 14.5. The van der Waals surface area contributed by atoms with Gasteiger partial charge in [0.1, 0.15) is 17.2 Å². The largest absolute Gasteiger partial charge is 0.356 e.